The molecular weight excluding hydrogens is 268 g/mol. The van der Waals surface area contributed by atoms with Crippen LogP contribution < -0.4 is 5.32 Å². The average Bonchev–Trinajstić information content (AvgIpc) is 2.80. The molecule has 3 rings (SSSR count). The largest absolute Gasteiger partial charge is 0.424 e. The van der Waals surface area contributed by atoms with Crippen LogP contribution in [0.3, 0.4) is 0 Å². The topological polar surface area (TPSA) is 71.3 Å². The summed E-state index contributed by atoms with van der Waals surface area (Å²) in [5.41, 5.74) is 1.13. The molecule has 1 aromatic heterocycles. The number of hydrogen-bond acceptors (Lipinski definition) is 5. The van der Waals surface area contributed by atoms with E-state index in [2.05, 4.69) is 32.5 Å². The monoisotopic (exact) mass is 286 g/mol. The summed E-state index contributed by atoms with van der Waals surface area (Å²) in [6, 6.07) is 10.1. The van der Waals surface area contributed by atoms with Crippen molar-refractivity contribution in [2.24, 2.45) is 0 Å². The molecule has 110 valence electrons. The Bertz CT molecular complexity index is 611. The first kappa shape index (κ1) is 13.8. The molecule has 6 nitrogen and oxygen atoms in total. The number of carbonyl (C=O) groups is 1. The molecule has 1 amide bonds. The first-order chi connectivity index (χ1) is 10.2. The summed E-state index contributed by atoms with van der Waals surface area (Å²) < 4.78 is 5.47. The Hall–Kier alpha value is -2.21. The summed E-state index contributed by atoms with van der Waals surface area (Å²) in [5, 5.41) is 10.8. The van der Waals surface area contributed by atoms with Gasteiger partial charge in [-0.1, -0.05) is 30.3 Å². The van der Waals surface area contributed by atoms with E-state index in [1.165, 1.54) is 0 Å². The number of nitrogens with one attached hydrogen (secondary N) is 1. The van der Waals surface area contributed by atoms with Crippen molar-refractivity contribution >= 4 is 5.91 Å². The van der Waals surface area contributed by atoms with Crippen molar-refractivity contribution in [1.82, 2.24) is 20.4 Å². The number of rotatable bonds is 3. The molecule has 21 heavy (non-hydrogen) atoms. The Balaban J connectivity index is 1.85. The van der Waals surface area contributed by atoms with E-state index in [0.717, 1.165) is 12.1 Å². The summed E-state index contributed by atoms with van der Waals surface area (Å²) in [7, 11) is 0. The fourth-order valence-electron chi connectivity index (χ4n) is 2.64. The van der Waals surface area contributed by atoms with Crippen molar-refractivity contribution in [2.75, 3.05) is 13.1 Å². The lowest BCUT2D eigenvalue weighted by molar-refractivity contribution is -0.121. The van der Waals surface area contributed by atoms with Crippen molar-refractivity contribution in [3.05, 3.63) is 47.7 Å². The lowest BCUT2D eigenvalue weighted by Crippen LogP contribution is -2.30. The second-order valence-corrected chi connectivity index (χ2v) is 5.17. The van der Waals surface area contributed by atoms with Gasteiger partial charge in [0.25, 0.3) is 0 Å². The van der Waals surface area contributed by atoms with Gasteiger partial charge in [0.05, 0.1) is 6.54 Å². The van der Waals surface area contributed by atoms with Crippen LogP contribution in [0.25, 0.3) is 0 Å². The molecule has 1 aliphatic heterocycles. The van der Waals surface area contributed by atoms with Gasteiger partial charge in [-0.25, -0.2) is 0 Å². The van der Waals surface area contributed by atoms with E-state index in [-0.39, 0.29) is 11.9 Å². The van der Waals surface area contributed by atoms with Gasteiger partial charge in [-0.2, -0.15) is 0 Å². The molecule has 0 aliphatic carbocycles. The van der Waals surface area contributed by atoms with Crippen LogP contribution in [0.15, 0.2) is 34.7 Å². The summed E-state index contributed by atoms with van der Waals surface area (Å²) in [5.74, 6) is 1.22. The van der Waals surface area contributed by atoms with E-state index in [4.69, 9.17) is 4.42 Å². The standard InChI is InChI=1S/C15H18N4O2/c1-11-17-18-15(21-11)10-19-8-7-16-14(20)9-13(19)12-5-3-2-4-6-12/h2-6,13H,7-10H2,1H3,(H,16,20). The highest BCUT2D eigenvalue weighted by Gasteiger charge is 2.27. The number of amides is 1. The molecule has 0 spiro atoms. The van der Waals surface area contributed by atoms with E-state index < -0.39 is 0 Å². The highest BCUT2D eigenvalue weighted by Crippen LogP contribution is 2.26. The number of benzene rings is 1. The van der Waals surface area contributed by atoms with Crippen molar-refractivity contribution in [3.63, 3.8) is 0 Å². The van der Waals surface area contributed by atoms with E-state index in [1.807, 2.05) is 18.2 Å². The van der Waals surface area contributed by atoms with E-state index >= 15 is 0 Å². The van der Waals surface area contributed by atoms with Crippen LogP contribution in [0.1, 0.15) is 29.8 Å². The molecule has 2 aromatic rings. The van der Waals surface area contributed by atoms with Gasteiger partial charge in [-0.15, -0.1) is 10.2 Å². The molecule has 1 saturated heterocycles. The van der Waals surface area contributed by atoms with Gasteiger partial charge in [0, 0.05) is 32.5 Å². The number of aryl methyl sites for hydroxylation is 1. The van der Waals surface area contributed by atoms with Gasteiger partial charge >= 0.3 is 0 Å². The molecule has 1 atom stereocenters. The first-order valence-electron chi connectivity index (χ1n) is 7.07. The zero-order valence-corrected chi connectivity index (χ0v) is 12.0. The number of aromatic nitrogens is 2. The normalized spacial score (nSPS) is 20.0. The average molecular weight is 286 g/mol. The lowest BCUT2D eigenvalue weighted by atomic mass is 10.0. The van der Waals surface area contributed by atoms with Gasteiger partial charge in [0.2, 0.25) is 17.7 Å². The van der Waals surface area contributed by atoms with Crippen LogP contribution in [0.5, 0.6) is 0 Å². The summed E-state index contributed by atoms with van der Waals surface area (Å²) in [6.45, 7) is 3.72. The van der Waals surface area contributed by atoms with Gasteiger partial charge in [0.15, 0.2) is 0 Å². The minimum absolute atomic E-state index is 0.0286. The van der Waals surface area contributed by atoms with Crippen molar-refractivity contribution < 1.29 is 9.21 Å². The van der Waals surface area contributed by atoms with E-state index in [9.17, 15) is 4.79 Å². The smallest absolute Gasteiger partial charge is 0.230 e. The third-order valence-corrected chi connectivity index (χ3v) is 3.63. The molecule has 6 heteroatoms. The molecule has 0 saturated carbocycles. The van der Waals surface area contributed by atoms with Crippen molar-refractivity contribution in [1.29, 1.82) is 0 Å². The number of carbonyl (C=O) groups excluding carboxylic acids is 1. The quantitative estimate of drug-likeness (QED) is 0.924. The third kappa shape index (κ3) is 3.28. The Labute approximate surface area is 123 Å². The second kappa shape index (κ2) is 6.05. The van der Waals surface area contributed by atoms with Crippen LogP contribution in [0.4, 0.5) is 0 Å². The minimum Gasteiger partial charge on any atom is -0.424 e. The Morgan fingerprint density at radius 3 is 2.86 bits per heavy atom. The van der Waals surface area contributed by atoms with Crippen molar-refractivity contribution in [3.8, 4) is 0 Å². The van der Waals surface area contributed by atoms with Gasteiger partial charge < -0.3 is 9.73 Å². The molecule has 0 bridgehead atoms. The second-order valence-electron chi connectivity index (χ2n) is 5.17. The number of nitrogens with zero attached hydrogens (tertiary/aromatic N) is 3. The maximum atomic E-state index is 11.9. The van der Waals surface area contributed by atoms with E-state index in [0.29, 0.717) is 31.3 Å². The Kier molecular flexibility index (Phi) is 3.96. The molecule has 2 heterocycles. The molecule has 1 fully saturated rings. The van der Waals surface area contributed by atoms with Crippen LogP contribution >= 0.6 is 0 Å². The first-order valence-corrected chi connectivity index (χ1v) is 7.07. The predicted molar refractivity (Wildman–Crippen MR) is 76.3 cm³/mol. The van der Waals surface area contributed by atoms with Gasteiger partial charge in [0.1, 0.15) is 0 Å². The van der Waals surface area contributed by atoms with Crippen LogP contribution in [0.2, 0.25) is 0 Å². The molecular formula is C15H18N4O2. The maximum Gasteiger partial charge on any atom is 0.230 e. The zero-order chi connectivity index (χ0) is 14.7. The van der Waals surface area contributed by atoms with Gasteiger partial charge in [-0.05, 0) is 5.56 Å². The lowest BCUT2D eigenvalue weighted by Gasteiger charge is -2.27. The maximum absolute atomic E-state index is 11.9. The third-order valence-electron chi connectivity index (χ3n) is 3.63. The SMILES string of the molecule is Cc1nnc(CN2CCNC(=O)CC2c2ccccc2)o1. The predicted octanol–water partition coefficient (Wildman–Crippen LogP) is 1.44. The molecule has 1 N–H and O–H groups in total. The highest BCUT2D eigenvalue weighted by atomic mass is 16.4. The fraction of sp³-hybridized carbons (Fsp3) is 0.400. The Morgan fingerprint density at radius 1 is 1.33 bits per heavy atom. The van der Waals surface area contributed by atoms with Crippen LogP contribution in [-0.4, -0.2) is 34.1 Å². The highest BCUT2D eigenvalue weighted by molar-refractivity contribution is 5.77. The Morgan fingerprint density at radius 2 is 2.14 bits per heavy atom. The van der Waals surface area contributed by atoms with Gasteiger partial charge in [-0.3, -0.25) is 9.69 Å². The number of hydrogen-bond donors (Lipinski definition) is 1. The summed E-state index contributed by atoms with van der Waals surface area (Å²) >= 11 is 0. The summed E-state index contributed by atoms with van der Waals surface area (Å²) in [6.07, 6.45) is 0.442. The molecule has 1 aromatic carbocycles. The zero-order valence-electron chi connectivity index (χ0n) is 12.0. The van der Waals surface area contributed by atoms with Crippen LogP contribution in [0, 0.1) is 6.92 Å². The van der Waals surface area contributed by atoms with Crippen LogP contribution in [-0.2, 0) is 11.3 Å². The van der Waals surface area contributed by atoms with Crippen molar-refractivity contribution in [2.45, 2.75) is 25.9 Å². The molecule has 1 aliphatic rings. The minimum atomic E-state index is 0.0286. The molecule has 1 unspecified atom stereocenters. The molecule has 0 radical (unpaired) electrons. The van der Waals surface area contributed by atoms with E-state index in [1.54, 1.807) is 6.92 Å². The fourth-order valence-corrected chi connectivity index (χ4v) is 2.64. The summed E-state index contributed by atoms with van der Waals surface area (Å²) in [4.78, 5) is 14.1.